The number of hydrogen-bond acceptors (Lipinski definition) is 6. The predicted octanol–water partition coefficient (Wildman–Crippen LogP) is 7.71. The molecular weight excluding hydrogens is 530 g/mol. The minimum atomic E-state index is -0.891. The minimum Gasteiger partial charge on any atom is -0.497 e. The van der Waals surface area contributed by atoms with Gasteiger partial charge in [0.15, 0.2) is 0 Å². The number of nitrogens with zero attached hydrogens (tertiary/aromatic N) is 2. The maximum Gasteiger partial charge on any atom is 0.310 e. The molecule has 8 nitrogen and oxygen atoms in total. The molecule has 1 aromatic heterocycles. The van der Waals surface area contributed by atoms with Gasteiger partial charge in [-0.15, -0.1) is 0 Å². The Morgan fingerprint density at radius 1 is 1.05 bits per heavy atom. The normalized spacial score (nSPS) is 13.5. The Labute approximate surface area is 253 Å². The number of carboxylic acid groups (broad SMARTS) is 1. The van der Waals surface area contributed by atoms with E-state index in [-0.39, 0.29) is 18.2 Å². The van der Waals surface area contributed by atoms with Crippen LogP contribution < -0.4 is 10.2 Å². The lowest BCUT2D eigenvalue weighted by molar-refractivity contribution is -0.139. The van der Waals surface area contributed by atoms with Gasteiger partial charge in [0.1, 0.15) is 18.2 Å². The Balaban J connectivity index is 0.00000393. The molecule has 0 fully saturated rings. The molecule has 0 aliphatic rings. The Kier molecular flexibility index (Phi) is 22.3. The number of anilines is 2. The predicted molar refractivity (Wildman–Crippen MR) is 174 cm³/mol. The van der Waals surface area contributed by atoms with Crippen molar-refractivity contribution in [3.8, 4) is 0 Å². The van der Waals surface area contributed by atoms with Crippen LogP contribution in [0.25, 0.3) is 0 Å². The summed E-state index contributed by atoms with van der Waals surface area (Å²) >= 11 is 0. The summed E-state index contributed by atoms with van der Waals surface area (Å²) in [4.78, 5) is 30.1. The van der Waals surface area contributed by atoms with Crippen LogP contribution >= 0.6 is 0 Å². The van der Waals surface area contributed by atoms with E-state index in [2.05, 4.69) is 29.0 Å². The quantitative estimate of drug-likeness (QED) is 0.0792. The summed E-state index contributed by atoms with van der Waals surface area (Å²) in [5.74, 6) is -0.127. The second-order valence-electron chi connectivity index (χ2n) is 9.54. The molecule has 0 spiro atoms. The van der Waals surface area contributed by atoms with Crippen molar-refractivity contribution in [2.45, 2.75) is 61.3 Å². The van der Waals surface area contributed by atoms with E-state index in [1.165, 1.54) is 6.26 Å². The number of nitrogens with one attached hydrogen (secondary N) is 1. The third kappa shape index (κ3) is 19.1. The first kappa shape index (κ1) is 37.9. The SMILES string of the molecule is C/C=C\C.C/C=C\C=C/CO/C=C/CC(=O)Nc1ccc(N(CCC)C[C@@H](C)COC(/C=C\C)=C/C(C)C(=O)O)nc1. The maximum atomic E-state index is 12.2. The number of carbonyl (C=O) groups is 2. The molecule has 1 amide bonds. The van der Waals surface area contributed by atoms with Crippen LogP contribution in [0.1, 0.15) is 61.3 Å². The molecule has 0 aliphatic carbocycles. The lowest BCUT2D eigenvalue weighted by atomic mass is 10.1. The van der Waals surface area contributed by atoms with Gasteiger partial charge < -0.3 is 24.8 Å². The summed E-state index contributed by atoms with van der Waals surface area (Å²) in [6.45, 7) is 16.1. The molecule has 2 N–H and O–H groups in total. The van der Waals surface area contributed by atoms with Crippen LogP contribution in [0.3, 0.4) is 0 Å². The van der Waals surface area contributed by atoms with Gasteiger partial charge in [0.2, 0.25) is 5.91 Å². The van der Waals surface area contributed by atoms with Crippen LogP contribution in [0.2, 0.25) is 0 Å². The zero-order chi connectivity index (χ0) is 31.6. The average molecular weight is 582 g/mol. The van der Waals surface area contributed by atoms with Crippen molar-refractivity contribution in [2.24, 2.45) is 11.8 Å². The first-order valence-corrected chi connectivity index (χ1v) is 14.5. The number of allylic oxidation sites excluding steroid dienone is 7. The minimum absolute atomic E-state index is 0.151. The number of rotatable bonds is 18. The number of hydrogen-bond donors (Lipinski definition) is 2. The molecular formula is C34H51N3O5. The van der Waals surface area contributed by atoms with Crippen LogP contribution in [-0.4, -0.2) is 48.3 Å². The monoisotopic (exact) mass is 581 g/mol. The second-order valence-corrected chi connectivity index (χ2v) is 9.54. The van der Waals surface area contributed by atoms with Crippen LogP contribution in [0.5, 0.6) is 0 Å². The van der Waals surface area contributed by atoms with Gasteiger partial charge in [-0.3, -0.25) is 9.59 Å². The van der Waals surface area contributed by atoms with Crippen molar-refractivity contribution >= 4 is 23.4 Å². The van der Waals surface area contributed by atoms with Gasteiger partial charge in [0.25, 0.3) is 0 Å². The molecule has 0 aromatic carbocycles. The molecule has 0 aliphatic heterocycles. The largest absolute Gasteiger partial charge is 0.497 e. The molecule has 0 saturated carbocycles. The van der Waals surface area contributed by atoms with Gasteiger partial charge in [-0.1, -0.05) is 50.3 Å². The molecule has 1 heterocycles. The molecule has 0 radical (unpaired) electrons. The van der Waals surface area contributed by atoms with Gasteiger partial charge in [-0.05, 0) is 77.5 Å². The number of aromatic nitrogens is 1. The maximum absolute atomic E-state index is 12.2. The van der Waals surface area contributed by atoms with Crippen LogP contribution in [0, 0.1) is 11.8 Å². The molecule has 0 bridgehead atoms. The fourth-order valence-electron chi connectivity index (χ4n) is 3.31. The summed E-state index contributed by atoms with van der Waals surface area (Å²) in [6.07, 6.45) is 22.9. The van der Waals surface area contributed by atoms with E-state index >= 15 is 0 Å². The second kappa shape index (κ2) is 24.7. The highest BCUT2D eigenvalue weighted by molar-refractivity contribution is 5.91. The van der Waals surface area contributed by atoms with Crippen LogP contribution in [-0.2, 0) is 19.1 Å². The van der Waals surface area contributed by atoms with E-state index in [9.17, 15) is 9.59 Å². The fraction of sp³-hybridized carbons (Fsp3) is 0.441. The van der Waals surface area contributed by atoms with Gasteiger partial charge in [0, 0.05) is 25.4 Å². The number of amides is 1. The topological polar surface area (TPSA) is 101 Å². The van der Waals surface area contributed by atoms with Crippen molar-refractivity contribution in [3.05, 3.63) is 91.1 Å². The summed E-state index contributed by atoms with van der Waals surface area (Å²) in [5, 5.41) is 12.0. The first-order chi connectivity index (χ1) is 20.2. The van der Waals surface area contributed by atoms with Crippen LogP contribution in [0.15, 0.2) is 91.1 Å². The third-order valence-corrected chi connectivity index (χ3v) is 5.51. The number of aliphatic carboxylic acids is 1. The van der Waals surface area contributed by atoms with E-state index in [0.29, 0.717) is 24.7 Å². The summed E-state index contributed by atoms with van der Waals surface area (Å²) in [7, 11) is 0. The summed E-state index contributed by atoms with van der Waals surface area (Å²) in [6, 6.07) is 3.74. The smallest absolute Gasteiger partial charge is 0.310 e. The van der Waals surface area contributed by atoms with Gasteiger partial charge in [-0.25, -0.2) is 4.98 Å². The molecule has 232 valence electrons. The highest BCUT2D eigenvalue weighted by Gasteiger charge is 2.14. The molecule has 1 unspecified atom stereocenters. The Morgan fingerprint density at radius 3 is 2.36 bits per heavy atom. The van der Waals surface area contributed by atoms with E-state index in [1.807, 2.05) is 82.4 Å². The van der Waals surface area contributed by atoms with E-state index in [4.69, 9.17) is 14.6 Å². The van der Waals surface area contributed by atoms with Crippen molar-refractivity contribution in [1.82, 2.24) is 4.98 Å². The standard InChI is InChI=1S/C30H43N3O5.C4H8/c1-6-9-10-11-18-37-19-12-14-29(34)32-26-15-16-28(31-21-26)33(17-8-3)22-24(4)23-38-27(13-7-2)20-25(5)30(35)36;1-3-4-2/h6-7,9-13,15-16,19-21,24-25H,8,14,17-18,22-23H2,1-5H3,(H,32,34)(H,35,36);3-4H,1-2H3/b9-6-,11-10-,13-7-,19-12+,27-20+;4-3-/t24-,25?;/m1./s1. The molecule has 1 rings (SSSR count). The zero-order valence-corrected chi connectivity index (χ0v) is 26.5. The number of ether oxygens (including phenoxy) is 2. The molecule has 8 heteroatoms. The Hall–Kier alpha value is -4.07. The zero-order valence-electron chi connectivity index (χ0n) is 26.5. The number of carboxylic acids is 1. The van der Waals surface area contributed by atoms with Crippen molar-refractivity contribution in [3.63, 3.8) is 0 Å². The summed E-state index contributed by atoms with van der Waals surface area (Å²) in [5.41, 5.74) is 0.629. The molecule has 42 heavy (non-hydrogen) atoms. The number of pyridine rings is 1. The number of carbonyl (C=O) groups excluding carboxylic acids is 1. The van der Waals surface area contributed by atoms with Gasteiger partial charge in [-0.2, -0.15) is 0 Å². The van der Waals surface area contributed by atoms with E-state index in [1.54, 1.807) is 31.3 Å². The van der Waals surface area contributed by atoms with E-state index in [0.717, 1.165) is 25.3 Å². The summed E-state index contributed by atoms with van der Waals surface area (Å²) < 4.78 is 11.2. The highest BCUT2D eigenvalue weighted by Crippen LogP contribution is 2.18. The third-order valence-electron chi connectivity index (χ3n) is 5.51. The lowest BCUT2D eigenvalue weighted by Crippen LogP contribution is -2.31. The fourth-order valence-corrected chi connectivity index (χ4v) is 3.31. The van der Waals surface area contributed by atoms with Crippen molar-refractivity contribution in [1.29, 1.82) is 0 Å². The first-order valence-electron chi connectivity index (χ1n) is 14.5. The van der Waals surface area contributed by atoms with Crippen molar-refractivity contribution in [2.75, 3.05) is 36.5 Å². The Bertz CT molecular complexity index is 1050. The molecule has 2 atom stereocenters. The van der Waals surface area contributed by atoms with Gasteiger partial charge >= 0.3 is 5.97 Å². The van der Waals surface area contributed by atoms with Crippen molar-refractivity contribution < 1.29 is 24.2 Å². The average Bonchev–Trinajstić information content (AvgIpc) is 2.97. The van der Waals surface area contributed by atoms with Crippen LogP contribution in [0.4, 0.5) is 11.5 Å². The molecule has 1 aromatic rings. The van der Waals surface area contributed by atoms with E-state index < -0.39 is 11.9 Å². The van der Waals surface area contributed by atoms with Gasteiger partial charge in [0.05, 0.1) is 30.7 Å². The molecule has 0 saturated heterocycles. The lowest BCUT2D eigenvalue weighted by Gasteiger charge is -2.27. The Morgan fingerprint density at radius 2 is 1.79 bits per heavy atom. The highest BCUT2D eigenvalue weighted by atomic mass is 16.5.